The second-order valence-corrected chi connectivity index (χ2v) is 9.50. The molecule has 10 heteroatoms. The number of pyridine rings is 2. The Morgan fingerprint density at radius 1 is 0.647 bits per heavy atom. The van der Waals surface area contributed by atoms with Crippen LogP contribution in [0.1, 0.15) is 11.1 Å². The van der Waals surface area contributed by atoms with Crippen molar-refractivity contribution in [2.24, 2.45) is 14.1 Å². The van der Waals surface area contributed by atoms with Crippen LogP contribution in [0.15, 0.2) is 83.6 Å². The minimum atomic E-state index is 0.812. The van der Waals surface area contributed by atoms with Crippen molar-refractivity contribution in [2.75, 3.05) is 0 Å². The van der Waals surface area contributed by atoms with Gasteiger partial charge in [0.15, 0.2) is 22.0 Å². The molecule has 0 bridgehead atoms. The Morgan fingerprint density at radius 2 is 1.15 bits per heavy atom. The van der Waals surface area contributed by atoms with Gasteiger partial charge in [-0.25, -0.2) is 0 Å². The molecular weight excluding hydrogens is 464 g/mol. The van der Waals surface area contributed by atoms with Gasteiger partial charge in [-0.3, -0.25) is 9.97 Å². The normalized spacial score (nSPS) is 11.1. The van der Waals surface area contributed by atoms with E-state index in [1.165, 1.54) is 11.1 Å². The Balaban J connectivity index is 1.22. The van der Waals surface area contributed by atoms with Crippen LogP contribution in [-0.4, -0.2) is 39.5 Å². The van der Waals surface area contributed by atoms with Crippen molar-refractivity contribution in [3.8, 4) is 22.8 Å². The van der Waals surface area contributed by atoms with E-state index in [2.05, 4.69) is 54.6 Å². The highest BCUT2D eigenvalue weighted by Gasteiger charge is 2.13. The molecule has 0 radical (unpaired) electrons. The first-order chi connectivity index (χ1) is 16.7. The van der Waals surface area contributed by atoms with Crippen molar-refractivity contribution in [1.29, 1.82) is 0 Å². The van der Waals surface area contributed by atoms with Gasteiger partial charge >= 0.3 is 0 Å². The van der Waals surface area contributed by atoms with Gasteiger partial charge in [-0.05, 0) is 35.4 Å². The van der Waals surface area contributed by atoms with Crippen molar-refractivity contribution in [3.63, 3.8) is 0 Å². The summed E-state index contributed by atoms with van der Waals surface area (Å²) in [6, 6.07) is 16.4. The lowest BCUT2D eigenvalue weighted by Crippen LogP contribution is -1.96. The molecule has 0 aliphatic heterocycles. The zero-order chi connectivity index (χ0) is 23.3. The van der Waals surface area contributed by atoms with Gasteiger partial charge in [-0.15, -0.1) is 20.4 Å². The van der Waals surface area contributed by atoms with Gasteiger partial charge in [0.2, 0.25) is 0 Å². The van der Waals surface area contributed by atoms with E-state index in [9.17, 15) is 0 Å². The van der Waals surface area contributed by atoms with E-state index in [4.69, 9.17) is 0 Å². The highest BCUT2D eigenvalue weighted by molar-refractivity contribution is 7.98. The molecule has 4 heterocycles. The van der Waals surface area contributed by atoms with Crippen molar-refractivity contribution in [1.82, 2.24) is 39.5 Å². The molecule has 0 spiro atoms. The van der Waals surface area contributed by atoms with Gasteiger partial charge in [-0.1, -0.05) is 47.8 Å². The van der Waals surface area contributed by atoms with E-state index in [1.807, 2.05) is 47.5 Å². The van der Waals surface area contributed by atoms with E-state index in [1.54, 1.807) is 48.3 Å². The van der Waals surface area contributed by atoms with Gasteiger partial charge in [0.1, 0.15) is 0 Å². The fraction of sp³-hybridized carbons (Fsp3) is 0.167. The maximum Gasteiger partial charge on any atom is 0.191 e. The fourth-order valence-electron chi connectivity index (χ4n) is 3.48. The van der Waals surface area contributed by atoms with Crippen molar-refractivity contribution < 1.29 is 0 Å². The van der Waals surface area contributed by atoms with Gasteiger partial charge < -0.3 is 9.13 Å². The molecule has 0 saturated heterocycles. The summed E-state index contributed by atoms with van der Waals surface area (Å²) in [5.74, 6) is 3.25. The number of thioether (sulfide) groups is 2. The van der Waals surface area contributed by atoms with Gasteiger partial charge in [0, 0.05) is 61.5 Å². The lowest BCUT2D eigenvalue weighted by molar-refractivity contribution is 0.793. The van der Waals surface area contributed by atoms with Crippen LogP contribution in [-0.2, 0) is 25.6 Å². The van der Waals surface area contributed by atoms with Gasteiger partial charge in [0.25, 0.3) is 0 Å². The Hall–Kier alpha value is -3.50. The Labute approximate surface area is 205 Å². The molecule has 0 N–H and O–H groups in total. The third kappa shape index (κ3) is 4.87. The Bertz CT molecular complexity index is 1280. The van der Waals surface area contributed by atoms with Crippen LogP contribution >= 0.6 is 23.5 Å². The molecule has 5 aromatic rings. The predicted octanol–water partition coefficient (Wildman–Crippen LogP) is 4.65. The molecule has 0 saturated carbocycles. The molecule has 5 rings (SSSR count). The average molecular weight is 487 g/mol. The van der Waals surface area contributed by atoms with Crippen LogP contribution in [0, 0.1) is 0 Å². The van der Waals surface area contributed by atoms with E-state index in [-0.39, 0.29) is 0 Å². The molecule has 0 aliphatic carbocycles. The van der Waals surface area contributed by atoms with Crippen molar-refractivity contribution in [3.05, 3.63) is 84.4 Å². The van der Waals surface area contributed by atoms with E-state index in [0.29, 0.717) is 0 Å². The summed E-state index contributed by atoms with van der Waals surface area (Å²) in [5, 5.41) is 19.2. The number of hydrogen-bond donors (Lipinski definition) is 0. The summed E-state index contributed by atoms with van der Waals surface area (Å²) in [6.45, 7) is 0. The lowest BCUT2D eigenvalue weighted by Gasteiger charge is -2.07. The minimum Gasteiger partial charge on any atom is -0.305 e. The fourth-order valence-corrected chi connectivity index (χ4v) is 5.19. The number of nitrogens with zero attached hydrogens (tertiary/aromatic N) is 8. The Kier molecular flexibility index (Phi) is 6.68. The van der Waals surface area contributed by atoms with E-state index < -0.39 is 0 Å². The number of hydrogen-bond acceptors (Lipinski definition) is 8. The number of aromatic nitrogens is 8. The van der Waals surface area contributed by atoms with Crippen molar-refractivity contribution >= 4 is 23.5 Å². The molecule has 0 unspecified atom stereocenters. The summed E-state index contributed by atoms with van der Waals surface area (Å²) in [7, 11) is 3.97. The molecule has 0 atom stereocenters. The maximum atomic E-state index is 4.36. The van der Waals surface area contributed by atoms with Crippen LogP contribution in [0.5, 0.6) is 0 Å². The van der Waals surface area contributed by atoms with Gasteiger partial charge in [-0.2, -0.15) is 0 Å². The monoisotopic (exact) mass is 486 g/mol. The standard InChI is InChI=1S/C24H22N8S2/c1-31-21(19-8-4-10-25-13-19)27-29-23(31)33-15-17-6-3-7-18(12-17)16-34-24-30-28-22(32(24)2)20-9-5-11-26-14-20/h3-14H,15-16H2,1-2H3. The second kappa shape index (κ2) is 10.2. The predicted molar refractivity (Wildman–Crippen MR) is 134 cm³/mol. The van der Waals surface area contributed by atoms with Crippen LogP contribution in [0.4, 0.5) is 0 Å². The Morgan fingerprint density at radius 3 is 1.59 bits per heavy atom. The average Bonchev–Trinajstić information content (AvgIpc) is 3.44. The maximum absolute atomic E-state index is 4.36. The van der Waals surface area contributed by atoms with Crippen LogP contribution in [0.25, 0.3) is 22.8 Å². The summed E-state index contributed by atoms with van der Waals surface area (Å²) in [5.41, 5.74) is 4.39. The molecule has 0 aliphatic rings. The SMILES string of the molecule is Cn1c(SCc2cccc(CSc3nnc(-c4cccnc4)n3C)c2)nnc1-c1cccnc1. The van der Waals surface area contributed by atoms with Gasteiger partial charge in [0.05, 0.1) is 0 Å². The summed E-state index contributed by atoms with van der Waals surface area (Å²) in [6.07, 6.45) is 7.11. The zero-order valence-electron chi connectivity index (χ0n) is 18.7. The molecular formula is C24H22N8S2. The molecule has 34 heavy (non-hydrogen) atoms. The molecule has 170 valence electrons. The molecule has 0 fully saturated rings. The lowest BCUT2D eigenvalue weighted by atomic mass is 10.2. The third-order valence-electron chi connectivity index (χ3n) is 5.24. The zero-order valence-corrected chi connectivity index (χ0v) is 20.4. The molecule has 4 aromatic heterocycles. The molecule has 0 amide bonds. The molecule has 8 nitrogen and oxygen atoms in total. The topological polar surface area (TPSA) is 87.2 Å². The van der Waals surface area contributed by atoms with E-state index >= 15 is 0 Å². The summed E-state index contributed by atoms with van der Waals surface area (Å²) < 4.78 is 4.02. The van der Waals surface area contributed by atoms with Crippen LogP contribution in [0.3, 0.4) is 0 Å². The first-order valence-electron chi connectivity index (χ1n) is 10.6. The first kappa shape index (κ1) is 22.3. The summed E-state index contributed by atoms with van der Waals surface area (Å²) >= 11 is 3.34. The minimum absolute atomic E-state index is 0.812. The largest absolute Gasteiger partial charge is 0.305 e. The highest BCUT2D eigenvalue weighted by Crippen LogP contribution is 2.28. The highest BCUT2D eigenvalue weighted by atomic mass is 32.2. The number of benzene rings is 1. The second-order valence-electron chi connectivity index (χ2n) is 7.61. The number of rotatable bonds is 8. The smallest absolute Gasteiger partial charge is 0.191 e. The van der Waals surface area contributed by atoms with Crippen molar-refractivity contribution in [2.45, 2.75) is 21.8 Å². The quantitative estimate of drug-likeness (QED) is 0.293. The van der Waals surface area contributed by atoms with E-state index in [0.717, 1.165) is 44.6 Å². The third-order valence-corrected chi connectivity index (χ3v) is 7.42. The summed E-state index contributed by atoms with van der Waals surface area (Å²) in [4.78, 5) is 8.35. The first-order valence-corrected chi connectivity index (χ1v) is 12.6. The van der Waals surface area contributed by atoms with Crippen LogP contribution < -0.4 is 0 Å². The molecule has 1 aromatic carbocycles. The van der Waals surface area contributed by atoms with Crippen LogP contribution in [0.2, 0.25) is 0 Å².